The molecule has 2 atom stereocenters. The molecule has 6 nitrogen and oxygen atoms in total. The van der Waals surface area contributed by atoms with Crippen LogP contribution in [-0.2, 0) is 5.54 Å². The van der Waals surface area contributed by atoms with Crippen molar-refractivity contribution in [2.24, 2.45) is 10.7 Å². The van der Waals surface area contributed by atoms with Crippen LogP contribution in [-0.4, -0.2) is 40.0 Å². The number of benzene rings is 1. The van der Waals surface area contributed by atoms with Crippen molar-refractivity contribution in [3.63, 3.8) is 0 Å². The van der Waals surface area contributed by atoms with Crippen LogP contribution >= 0.6 is 11.8 Å². The third-order valence-electron chi connectivity index (χ3n) is 5.09. The number of hydrogen-bond donors (Lipinski definition) is 2. The van der Waals surface area contributed by atoms with Crippen LogP contribution in [0.4, 0.5) is 36.4 Å². The highest BCUT2D eigenvalue weighted by atomic mass is 32.2. The molecule has 14 heteroatoms. The van der Waals surface area contributed by atoms with Crippen molar-refractivity contribution in [2.75, 3.05) is 11.9 Å². The maximum Gasteiger partial charge on any atom is 0.422 e. The van der Waals surface area contributed by atoms with Crippen LogP contribution in [0, 0.1) is 11.6 Å². The highest BCUT2D eigenvalue weighted by Crippen LogP contribution is 2.49. The second-order valence-electron chi connectivity index (χ2n) is 8.17. The quantitative estimate of drug-likeness (QED) is 0.505. The van der Waals surface area contributed by atoms with Crippen LogP contribution in [0.2, 0.25) is 0 Å². The molecule has 3 rings (SSSR count). The molecule has 1 aromatic heterocycles. The predicted octanol–water partition coefficient (Wildman–Crippen LogP) is 5.24. The van der Waals surface area contributed by atoms with Gasteiger partial charge in [-0.05, 0) is 38.5 Å². The van der Waals surface area contributed by atoms with Gasteiger partial charge in [-0.15, -0.1) is 0 Å². The van der Waals surface area contributed by atoms with E-state index in [0.717, 1.165) is 24.4 Å². The largest absolute Gasteiger partial charge is 0.483 e. The van der Waals surface area contributed by atoms with E-state index in [1.165, 1.54) is 13.8 Å². The zero-order valence-corrected chi connectivity index (χ0v) is 19.0. The monoisotopic (exact) mass is 524 g/mol. The molecular formula is C21H19F7N4O2S. The maximum atomic E-state index is 14.8. The first-order valence-corrected chi connectivity index (χ1v) is 10.7. The van der Waals surface area contributed by atoms with Gasteiger partial charge < -0.3 is 15.8 Å². The fourth-order valence-corrected chi connectivity index (χ4v) is 4.72. The van der Waals surface area contributed by atoms with Crippen molar-refractivity contribution in [3.8, 4) is 5.75 Å². The van der Waals surface area contributed by atoms with Crippen molar-refractivity contribution in [1.82, 2.24) is 4.98 Å². The van der Waals surface area contributed by atoms with E-state index in [1.807, 2.05) is 0 Å². The van der Waals surface area contributed by atoms with E-state index in [-0.39, 0.29) is 28.7 Å². The molecule has 1 aliphatic heterocycles. The molecule has 190 valence electrons. The zero-order valence-electron chi connectivity index (χ0n) is 18.2. The number of thioether (sulfide) groups is 1. The van der Waals surface area contributed by atoms with E-state index in [1.54, 1.807) is 0 Å². The summed E-state index contributed by atoms with van der Waals surface area (Å²) < 4.78 is 96.0. The number of nitrogens with two attached hydrogens (primary N) is 1. The SMILES string of the molecule is C[C@]1(C(F)F)C[C@@](C)(c2cc(NC(=O)c3ccc(OCC(F)(F)F)cn3)cc(F)c2F)N=C(N)S1. The number of rotatable bonds is 6. The lowest BCUT2D eigenvalue weighted by atomic mass is 9.82. The average molecular weight is 524 g/mol. The first kappa shape index (κ1) is 26.6. The molecule has 0 radical (unpaired) electrons. The van der Waals surface area contributed by atoms with Crippen molar-refractivity contribution in [3.05, 3.63) is 53.4 Å². The lowest BCUT2D eigenvalue weighted by Crippen LogP contribution is -2.44. The third kappa shape index (κ3) is 6.16. The van der Waals surface area contributed by atoms with Gasteiger partial charge in [-0.1, -0.05) is 11.8 Å². The highest BCUT2D eigenvalue weighted by Gasteiger charge is 2.48. The molecule has 0 bridgehead atoms. The number of hydrogen-bond acceptors (Lipinski definition) is 6. The normalized spacial score (nSPS) is 22.6. The summed E-state index contributed by atoms with van der Waals surface area (Å²) >= 11 is 0.633. The van der Waals surface area contributed by atoms with Gasteiger partial charge in [-0.25, -0.2) is 22.5 Å². The average Bonchev–Trinajstić information content (AvgIpc) is 2.73. The maximum absolute atomic E-state index is 14.8. The minimum Gasteiger partial charge on any atom is -0.483 e. The van der Waals surface area contributed by atoms with Gasteiger partial charge in [-0.3, -0.25) is 9.79 Å². The second-order valence-corrected chi connectivity index (χ2v) is 9.73. The first-order chi connectivity index (χ1) is 16.1. The van der Waals surface area contributed by atoms with Gasteiger partial charge >= 0.3 is 6.18 Å². The molecule has 0 unspecified atom stereocenters. The molecule has 1 aromatic carbocycles. The predicted molar refractivity (Wildman–Crippen MR) is 116 cm³/mol. The number of halogens is 7. The molecule has 0 saturated carbocycles. The number of ether oxygens (including phenoxy) is 1. The van der Waals surface area contributed by atoms with Gasteiger partial charge in [-0.2, -0.15) is 13.2 Å². The molecule has 1 amide bonds. The van der Waals surface area contributed by atoms with Crippen LogP contribution in [0.15, 0.2) is 35.5 Å². The van der Waals surface area contributed by atoms with Crippen molar-refractivity contribution >= 4 is 28.5 Å². The summed E-state index contributed by atoms with van der Waals surface area (Å²) in [4.78, 5) is 20.3. The highest BCUT2D eigenvalue weighted by molar-refractivity contribution is 8.15. The van der Waals surface area contributed by atoms with E-state index in [2.05, 4.69) is 20.0 Å². The van der Waals surface area contributed by atoms with E-state index < -0.39 is 52.6 Å². The summed E-state index contributed by atoms with van der Waals surface area (Å²) in [7, 11) is 0. The Morgan fingerprint density at radius 3 is 2.51 bits per heavy atom. The number of anilines is 1. The van der Waals surface area contributed by atoms with Crippen molar-refractivity contribution in [1.29, 1.82) is 0 Å². The number of alkyl halides is 5. The van der Waals surface area contributed by atoms with Gasteiger partial charge in [0, 0.05) is 17.3 Å². The molecule has 1 aliphatic rings. The summed E-state index contributed by atoms with van der Waals surface area (Å²) in [5.74, 6) is -3.84. The first-order valence-electron chi connectivity index (χ1n) is 9.91. The number of amides is 1. The summed E-state index contributed by atoms with van der Waals surface area (Å²) in [6, 6.07) is 3.88. The zero-order chi connectivity index (χ0) is 26.2. The van der Waals surface area contributed by atoms with Gasteiger partial charge in [0.05, 0.1) is 16.5 Å². The topological polar surface area (TPSA) is 89.6 Å². The molecule has 35 heavy (non-hydrogen) atoms. The number of aliphatic imine (C=N–C) groups is 1. The summed E-state index contributed by atoms with van der Waals surface area (Å²) in [6.45, 7) is 1.01. The minimum absolute atomic E-state index is 0.227. The van der Waals surface area contributed by atoms with Gasteiger partial charge in [0.1, 0.15) is 11.4 Å². The molecule has 0 saturated heterocycles. The van der Waals surface area contributed by atoms with Crippen LogP contribution in [0.3, 0.4) is 0 Å². The molecule has 0 fully saturated rings. The van der Waals surface area contributed by atoms with Gasteiger partial charge in [0.25, 0.3) is 12.3 Å². The third-order valence-corrected chi connectivity index (χ3v) is 6.18. The lowest BCUT2D eigenvalue weighted by molar-refractivity contribution is -0.153. The van der Waals surface area contributed by atoms with Crippen molar-refractivity contribution < 1.29 is 40.3 Å². The molecule has 2 heterocycles. The minimum atomic E-state index is -4.56. The number of carbonyl (C=O) groups is 1. The van der Waals surface area contributed by atoms with E-state index in [9.17, 15) is 35.5 Å². The number of aromatic nitrogens is 1. The Morgan fingerprint density at radius 2 is 1.94 bits per heavy atom. The molecule has 2 aromatic rings. The van der Waals surface area contributed by atoms with E-state index >= 15 is 0 Å². The number of nitrogens with one attached hydrogen (secondary N) is 1. The molecule has 0 aliphatic carbocycles. The van der Waals surface area contributed by atoms with E-state index in [4.69, 9.17) is 5.73 Å². The number of amidine groups is 1. The standard InChI is InChI=1S/C21H19F7N4O2S/c1-19(8-20(2,17(24)25)35-18(29)32-19)12-5-10(6-13(22)15(12)23)31-16(33)14-4-3-11(7-30-14)34-9-21(26,27)28/h3-7,17H,8-9H2,1-2H3,(H2,29,32)(H,31,33)/t19-,20+/m0/s1. The summed E-state index contributed by atoms with van der Waals surface area (Å²) in [5.41, 5.74) is 3.17. The van der Waals surface area contributed by atoms with Crippen LogP contribution in [0.1, 0.15) is 36.3 Å². The Hall–Kier alpha value is -3.03. The van der Waals surface area contributed by atoms with Crippen molar-refractivity contribution in [2.45, 2.75) is 43.2 Å². The molecule has 0 spiro atoms. The Kier molecular flexibility index (Phi) is 7.25. The Bertz CT molecular complexity index is 1140. The lowest BCUT2D eigenvalue weighted by Gasteiger charge is -2.40. The molecule has 3 N–H and O–H groups in total. The van der Waals surface area contributed by atoms with Crippen LogP contribution in [0.25, 0.3) is 0 Å². The number of carbonyl (C=O) groups excluding carboxylic acids is 1. The van der Waals surface area contributed by atoms with E-state index in [0.29, 0.717) is 17.8 Å². The smallest absolute Gasteiger partial charge is 0.422 e. The summed E-state index contributed by atoms with van der Waals surface area (Å²) in [5, 5.41) is 2.06. The molecular weight excluding hydrogens is 505 g/mol. The Morgan fingerprint density at radius 1 is 1.26 bits per heavy atom. The number of nitrogens with zero attached hydrogens (tertiary/aromatic N) is 2. The summed E-state index contributed by atoms with van der Waals surface area (Å²) in [6.07, 6.45) is -6.89. The fourth-order valence-electron chi connectivity index (χ4n) is 3.55. The van der Waals surface area contributed by atoms with Crippen LogP contribution in [0.5, 0.6) is 5.75 Å². The second kappa shape index (κ2) is 9.55. The van der Waals surface area contributed by atoms with Crippen LogP contribution < -0.4 is 15.8 Å². The Labute approximate surface area is 199 Å². The number of pyridine rings is 1. The van der Waals surface area contributed by atoms with Gasteiger partial charge in [0.2, 0.25) is 0 Å². The van der Waals surface area contributed by atoms with Gasteiger partial charge in [0.15, 0.2) is 23.4 Å². The Balaban J connectivity index is 1.86. The fraction of sp³-hybridized carbons (Fsp3) is 0.381.